The molecule has 2 aromatic rings. The van der Waals surface area contributed by atoms with Crippen molar-refractivity contribution in [3.63, 3.8) is 0 Å². The number of allylic oxidation sites excluding steroid dienone is 1. The maximum atomic E-state index is 5.65. The van der Waals surface area contributed by atoms with Crippen LogP contribution in [0, 0.1) is 6.92 Å². The fourth-order valence-corrected chi connectivity index (χ4v) is 2.42. The summed E-state index contributed by atoms with van der Waals surface area (Å²) in [5.74, 6) is 0.846. The third-order valence-electron chi connectivity index (χ3n) is 2.29. The molecule has 17 heavy (non-hydrogen) atoms. The SMILES string of the molecule is C=CCCCOc1nc(N)nc2sc(C)cc12. The van der Waals surface area contributed by atoms with E-state index in [4.69, 9.17) is 10.5 Å². The molecule has 0 fully saturated rings. The van der Waals surface area contributed by atoms with E-state index in [2.05, 4.69) is 16.5 Å². The van der Waals surface area contributed by atoms with Crippen LogP contribution in [0.2, 0.25) is 0 Å². The van der Waals surface area contributed by atoms with E-state index < -0.39 is 0 Å². The molecule has 0 atom stereocenters. The number of unbranched alkanes of at least 4 members (excludes halogenated alkanes) is 1. The normalized spacial score (nSPS) is 10.6. The molecule has 0 aliphatic rings. The van der Waals surface area contributed by atoms with Crippen LogP contribution in [0.25, 0.3) is 10.2 Å². The largest absolute Gasteiger partial charge is 0.477 e. The van der Waals surface area contributed by atoms with Crippen LogP contribution in [0.5, 0.6) is 5.88 Å². The van der Waals surface area contributed by atoms with Crippen LogP contribution in [0.15, 0.2) is 18.7 Å². The molecular weight excluding hydrogens is 234 g/mol. The minimum atomic E-state index is 0.262. The number of thiophene rings is 1. The maximum absolute atomic E-state index is 5.65. The fourth-order valence-electron chi connectivity index (χ4n) is 1.54. The third kappa shape index (κ3) is 2.74. The van der Waals surface area contributed by atoms with Gasteiger partial charge in [0, 0.05) is 4.88 Å². The van der Waals surface area contributed by atoms with E-state index in [1.807, 2.05) is 19.1 Å². The van der Waals surface area contributed by atoms with Gasteiger partial charge in [-0.25, -0.2) is 4.98 Å². The van der Waals surface area contributed by atoms with Crippen molar-refractivity contribution in [2.24, 2.45) is 0 Å². The molecule has 0 aliphatic heterocycles. The lowest BCUT2D eigenvalue weighted by Gasteiger charge is -2.05. The van der Waals surface area contributed by atoms with Crippen LogP contribution in [-0.2, 0) is 0 Å². The molecule has 0 unspecified atom stereocenters. The van der Waals surface area contributed by atoms with E-state index >= 15 is 0 Å². The summed E-state index contributed by atoms with van der Waals surface area (Å²) in [6, 6.07) is 2.03. The second kappa shape index (κ2) is 5.14. The summed E-state index contributed by atoms with van der Waals surface area (Å²) in [6.45, 7) is 6.32. The Labute approximate surface area is 104 Å². The maximum Gasteiger partial charge on any atom is 0.227 e. The van der Waals surface area contributed by atoms with Crippen molar-refractivity contribution >= 4 is 27.5 Å². The van der Waals surface area contributed by atoms with Crippen LogP contribution >= 0.6 is 11.3 Å². The molecule has 0 aliphatic carbocycles. The number of nitrogen functional groups attached to an aromatic ring is 1. The van der Waals surface area contributed by atoms with E-state index in [0.717, 1.165) is 23.1 Å². The topological polar surface area (TPSA) is 61.0 Å². The number of aromatic nitrogens is 2. The Morgan fingerprint density at radius 2 is 2.35 bits per heavy atom. The van der Waals surface area contributed by atoms with E-state index in [0.29, 0.717) is 12.5 Å². The molecule has 2 N–H and O–H groups in total. The lowest BCUT2D eigenvalue weighted by molar-refractivity contribution is 0.304. The van der Waals surface area contributed by atoms with E-state index in [-0.39, 0.29) is 5.95 Å². The van der Waals surface area contributed by atoms with Gasteiger partial charge < -0.3 is 10.5 Å². The summed E-state index contributed by atoms with van der Waals surface area (Å²) < 4.78 is 5.64. The number of nitrogens with two attached hydrogens (primary N) is 1. The predicted octanol–water partition coefficient (Wildman–Crippen LogP) is 2.93. The van der Waals surface area contributed by atoms with Gasteiger partial charge in [0.25, 0.3) is 0 Å². The molecule has 4 nitrogen and oxygen atoms in total. The monoisotopic (exact) mass is 249 g/mol. The molecule has 0 radical (unpaired) electrons. The van der Waals surface area contributed by atoms with Gasteiger partial charge in [-0.05, 0) is 25.8 Å². The zero-order chi connectivity index (χ0) is 12.3. The fraction of sp³-hybridized carbons (Fsp3) is 0.333. The Kier molecular flexibility index (Phi) is 3.58. The summed E-state index contributed by atoms with van der Waals surface area (Å²) in [4.78, 5) is 10.4. The molecule has 2 rings (SSSR count). The molecule has 2 aromatic heterocycles. The van der Waals surface area contributed by atoms with Crippen molar-refractivity contribution in [1.82, 2.24) is 9.97 Å². The van der Waals surface area contributed by atoms with Crippen molar-refractivity contribution < 1.29 is 4.74 Å². The predicted molar refractivity (Wildman–Crippen MR) is 71.5 cm³/mol. The zero-order valence-electron chi connectivity index (χ0n) is 9.77. The average Bonchev–Trinajstić information content (AvgIpc) is 2.64. The summed E-state index contributed by atoms with van der Waals surface area (Å²) in [6.07, 6.45) is 3.74. The van der Waals surface area contributed by atoms with Gasteiger partial charge in [0.2, 0.25) is 11.8 Å². The number of fused-ring (bicyclic) bond motifs is 1. The highest BCUT2D eigenvalue weighted by Crippen LogP contribution is 2.30. The van der Waals surface area contributed by atoms with Crippen molar-refractivity contribution in [3.05, 3.63) is 23.6 Å². The Hall–Kier alpha value is -1.62. The van der Waals surface area contributed by atoms with Crippen LogP contribution in [-0.4, -0.2) is 16.6 Å². The molecule has 0 saturated carbocycles. The minimum Gasteiger partial charge on any atom is -0.477 e. The summed E-state index contributed by atoms with van der Waals surface area (Å²) in [7, 11) is 0. The first-order chi connectivity index (χ1) is 8.20. The van der Waals surface area contributed by atoms with E-state index in [1.165, 1.54) is 4.88 Å². The number of hydrogen-bond acceptors (Lipinski definition) is 5. The molecule has 0 bridgehead atoms. The van der Waals surface area contributed by atoms with Gasteiger partial charge in [0.05, 0.1) is 12.0 Å². The number of hydrogen-bond donors (Lipinski definition) is 1. The zero-order valence-corrected chi connectivity index (χ0v) is 10.6. The second-order valence-corrected chi connectivity index (χ2v) is 4.98. The Morgan fingerprint density at radius 3 is 3.12 bits per heavy atom. The van der Waals surface area contributed by atoms with Crippen molar-refractivity contribution in [2.75, 3.05) is 12.3 Å². The quantitative estimate of drug-likeness (QED) is 0.653. The van der Waals surface area contributed by atoms with E-state index in [9.17, 15) is 0 Å². The summed E-state index contributed by atoms with van der Waals surface area (Å²) in [5.41, 5.74) is 5.65. The number of ether oxygens (including phenoxy) is 1. The van der Waals surface area contributed by atoms with Gasteiger partial charge >= 0.3 is 0 Å². The number of aryl methyl sites for hydroxylation is 1. The molecule has 0 spiro atoms. The molecular formula is C12H15N3OS. The van der Waals surface area contributed by atoms with Gasteiger partial charge in [-0.1, -0.05) is 6.08 Å². The molecule has 2 heterocycles. The highest BCUT2D eigenvalue weighted by atomic mass is 32.1. The second-order valence-electron chi connectivity index (χ2n) is 3.74. The number of rotatable bonds is 5. The summed E-state index contributed by atoms with van der Waals surface area (Å²) in [5, 5.41) is 0.945. The molecule has 0 amide bonds. The van der Waals surface area contributed by atoms with Gasteiger partial charge in [0.1, 0.15) is 4.83 Å². The van der Waals surface area contributed by atoms with E-state index in [1.54, 1.807) is 11.3 Å². The molecule has 5 heteroatoms. The van der Waals surface area contributed by atoms with Crippen LogP contribution in [0.3, 0.4) is 0 Å². The van der Waals surface area contributed by atoms with Crippen molar-refractivity contribution in [1.29, 1.82) is 0 Å². The van der Waals surface area contributed by atoms with Gasteiger partial charge in [-0.15, -0.1) is 17.9 Å². The Balaban J connectivity index is 2.22. The first kappa shape index (κ1) is 11.9. The first-order valence-corrected chi connectivity index (χ1v) is 6.29. The van der Waals surface area contributed by atoms with Crippen LogP contribution in [0.4, 0.5) is 5.95 Å². The highest BCUT2D eigenvalue weighted by Gasteiger charge is 2.10. The Bertz CT molecular complexity index is 536. The highest BCUT2D eigenvalue weighted by molar-refractivity contribution is 7.18. The number of nitrogens with zero attached hydrogens (tertiary/aromatic N) is 2. The van der Waals surface area contributed by atoms with Gasteiger partial charge in [-0.2, -0.15) is 4.98 Å². The van der Waals surface area contributed by atoms with Crippen molar-refractivity contribution in [2.45, 2.75) is 19.8 Å². The van der Waals surface area contributed by atoms with Gasteiger partial charge in [-0.3, -0.25) is 0 Å². The van der Waals surface area contributed by atoms with Crippen LogP contribution < -0.4 is 10.5 Å². The number of anilines is 1. The van der Waals surface area contributed by atoms with Crippen LogP contribution in [0.1, 0.15) is 17.7 Å². The standard InChI is InChI=1S/C12H15N3OS/c1-3-4-5-6-16-10-9-7-8(2)17-11(9)15-12(13)14-10/h3,7H,1,4-6H2,2H3,(H2,13,14,15). The third-order valence-corrected chi connectivity index (χ3v) is 3.23. The minimum absolute atomic E-state index is 0.262. The lowest BCUT2D eigenvalue weighted by atomic mass is 10.3. The molecule has 0 aromatic carbocycles. The summed E-state index contributed by atoms with van der Waals surface area (Å²) >= 11 is 1.60. The van der Waals surface area contributed by atoms with Crippen molar-refractivity contribution in [3.8, 4) is 5.88 Å². The first-order valence-electron chi connectivity index (χ1n) is 5.48. The molecule has 90 valence electrons. The average molecular weight is 249 g/mol. The Morgan fingerprint density at radius 1 is 1.53 bits per heavy atom. The smallest absolute Gasteiger partial charge is 0.227 e. The van der Waals surface area contributed by atoms with Gasteiger partial charge in [0.15, 0.2) is 0 Å². The lowest BCUT2D eigenvalue weighted by Crippen LogP contribution is -2.02. The molecule has 0 saturated heterocycles.